The Balaban J connectivity index is 1.40. The third-order valence-electron chi connectivity index (χ3n) is 4.60. The van der Waals surface area contributed by atoms with E-state index in [1.807, 2.05) is 25.8 Å². The molecule has 0 aliphatic carbocycles. The molecule has 6 heteroatoms. The molecule has 3 rings (SSSR count). The van der Waals surface area contributed by atoms with Crippen LogP contribution in [-0.2, 0) is 6.54 Å². The highest BCUT2D eigenvalue weighted by molar-refractivity contribution is 5.80. The lowest BCUT2D eigenvalue weighted by Gasteiger charge is -2.20. The highest BCUT2D eigenvalue weighted by Gasteiger charge is 2.23. The van der Waals surface area contributed by atoms with Crippen LogP contribution in [0.2, 0.25) is 0 Å². The lowest BCUT2D eigenvalue weighted by molar-refractivity contribution is 0.609. The second-order valence-corrected chi connectivity index (χ2v) is 6.56. The summed E-state index contributed by atoms with van der Waals surface area (Å²) in [5.74, 6) is 0.890. The van der Waals surface area contributed by atoms with Crippen LogP contribution >= 0.6 is 0 Å². The molecule has 0 amide bonds. The summed E-state index contributed by atoms with van der Waals surface area (Å²) in [5, 5.41) is 6.96. The van der Waals surface area contributed by atoms with E-state index in [2.05, 4.69) is 61.3 Å². The van der Waals surface area contributed by atoms with Crippen LogP contribution in [0.1, 0.15) is 18.4 Å². The first kappa shape index (κ1) is 17.3. The van der Waals surface area contributed by atoms with Gasteiger partial charge in [0.1, 0.15) is 0 Å². The minimum Gasteiger partial charge on any atom is -0.369 e. The van der Waals surface area contributed by atoms with E-state index in [1.54, 1.807) is 0 Å². The van der Waals surface area contributed by atoms with Crippen molar-refractivity contribution >= 4 is 11.6 Å². The number of hydrogen-bond donors (Lipinski definition) is 2. The van der Waals surface area contributed by atoms with E-state index in [0.29, 0.717) is 6.04 Å². The van der Waals surface area contributed by atoms with Crippen molar-refractivity contribution in [3.8, 4) is 0 Å². The summed E-state index contributed by atoms with van der Waals surface area (Å²) in [5.41, 5.74) is 2.61. The van der Waals surface area contributed by atoms with Gasteiger partial charge in [-0.1, -0.05) is 17.7 Å². The Labute approximate surface area is 150 Å². The van der Waals surface area contributed by atoms with Gasteiger partial charge in [0.2, 0.25) is 0 Å². The quantitative estimate of drug-likeness (QED) is 0.480. The monoisotopic (exact) mass is 340 g/mol. The average molecular weight is 340 g/mol. The predicted molar refractivity (Wildman–Crippen MR) is 103 cm³/mol. The van der Waals surface area contributed by atoms with Crippen molar-refractivity contribution in [3.63, 3.8) is 0 Å². The van der Waals surface area contributed by atoms with E-state index in [4.69, 9.17) is 0 Å². The van der Waals surface area contributed by atoms with Crippen molar-refractivity contribution in [2.45, 2.75) is 32.4 Å². The molecule has 134 valence electrons. The lowest BCUT2D eigenvalue weighted by Crippen LogP contribution is -2.45. The van der Waals surface area contributed by atoms with Gasteiger partial charge < -0.3 is 20.1 Å². The van der Waals surface area contributed by atoms with Crippen LogP contribution in [0.3, 0.4) is 0 Å². The molecule has 0 radical (unpaired) electrons. The van der Waals surface area contributed by atoms with Crippen LogP contribution in [0.15, 0.2) is 48.0 Å². The first-order valence-corrected chi connectivity index (χ1v) is 8.99. The van der Waals surface area contributed by atoms with Crippen LogP contribution in [0.5, 0.6) is 0 Å². The smallest absolute Gasteiger partial charge is 0.191 e. The summed E-state index contributed by atoms with van der Waals surface area (Å²) in [7, 11) is 1.83. The molecule has 1 aliphatic heterocycles. The van der Waals surface area contributed by atoms with Crippen LogP contribution in [-0.4, -0.2) is 48.2 Å². The fourth-order valence-electron chi connectivity index (χ4n) is 3.14. The van der Waals surface area contributed by atoms with E-state index in [0.717, 1.165) is 45.0 Å². The first-order chi connectivity index (χ1) is 12.2. The van der Waals surface area contributed by atoms with Gasteiger partial charge in [0.25, 0.3) is 0 Å². The third-order valence-corrected chi connectivity index (χ3v) is 4.60. The Kier molecular flexibility index (Phi) is 5.93. The molecule has 1 unspecified atom stereocenters. The summed E-state index contributed by atoms with van der Waals surface area (Å²) in [6.07, 6.45) is 7.82. The maximum Gasteiger partial charge on any atom is 0.191 e. The molecule has 1 aromatic carbocycles. The molecular formula is C19H28N6. The molecule has 1 aromatic heterocycles. The number of benzene rings is 1. The van der Waals surface area contributed by atoms with Gasteiger partial charge in [-0.3, -0.25) is 4.99 Å². The number of aliphatic imine (C=N–C) groups is 1. The number of aryl methyl sites for hydroxylation is 2. The number of guanidine groups is 1. The van der Waals surface area contributed by atoms with Crippen LogP contribution in [0.4, 0.5) is 5.69 Å². The van der Waals surface area contributed by atoms with Crippen molar-refractivity contribution in [1.82, 2.24) is 20.2 Å². The van der Waals surface area contributed by atoms with Crippen molar-refractivity contribution in [1.29, 1.82) is 0 Å². The van der Waals surface area contributed by atoms with Gasteiger partial charge in [-0.2, -0.15) is 0 Å². The second kappa shape index (κ2) is 8.55. The predicted octanol–water partition coefficient (Wildman–Crippen LogP) is 2.03. The van der Waals surface area contributed by atoms with Crippen LogP contribution < -0.4 is 15.5 Å². The fraction of sp³-hybridized carbons (Fsp3) is 0.474. The van der Waals surface area contributed by atoms with Crippen molar-refractivity contribution in [3.05, 3.63) is 48.5 Å². The molecule has 6 nitrogen and oxygen atoms in total. The molecule has 1 fully saturated rings. The molecule has 1 aliphatic rings. The van der Waals surface area contributed by atoms with Crippen molar-refractivity contribution in [2.24, 2.45) is 4.99 Å². The number of hydrogen-bond acceptors (Lipinski definition) is 3. The zero-order chi connectivity index (χ0) is 17.5. The van der Waals surface area contributed by atoms with E-state index in [1.165, 1.54) is 11.3 Å². The Morgan fingerprint density at radius 3 is 2.88 bits per heavy atom. The van der Waals surface area contributed by atoms with Gasteiger partial charge in [-0.15, -0.1) is 0 Å². The average Bonchev–Trinajstić information content (AvgIpc) is 3.30. The molecule has 0 saturated carbocycles. The van der Waals surface area contributed by atoms with E-state index in [-0.39, 0.29) is 0 Å². The largest absolute Gasteiger partial charge is 0.369 e. The zero-order valence-electron chi connectivity index (χ0n) is 15.2. The SMILES string of the molecule is CN=C(NCCCn1ccnc1)NC1CCN(c2ccc(C)cc2)C1. The van der Waals surface area contributed by atoms with Gasteiger partial charge in [0.05, 0.1) is 6.33 Å². The Hall–Kier alpha value is -2.50. The third kappa shape index (κ3) is 4.98. The number of imidazole rings is 1. The summed E-state index contributed by atoms with van der Waals surface area (Å²) < 4.78 is 2.09. The summed E-state index contributed by atoms with van der Waals surface area (Å²) in [4.78, 5) is 10.8. The maximum absolute atomic E-state index is 4.35. The molecule has 2 N–H and O–H groups in total. The molecule has 0 spiro atoms. The van der Waals surface area contributed by atoms with Crippen LogP contribution in [0, 0.1) is 6.92 Å². The lowest BCUT2D eigenvalue weighted by atomic mass is 10.2. The normalized spacial score (nSPS) is 17.8. The highest BCUT2D eigenvalue weighted by atomic mass is 15.2. The standard InChI is InChI=1S/C19H28N6/c1-16-4-6-18(7-5-16)25-12-8-17(14-25)23-19(20-2)22-9-3-11-24-13-10-21-15-24/h4-7,10,13,15,17H,3,8-9,11-12,14H2,1-2H3,(H2,20,22,23). The minimum absolute atomic E-state index is 0.432. The van der Waals surface area contributed by atoms with Gasteiger partial charge in [0.15, 0.2) is 5.96 Å². The zero-order valence-corrected chi connectivity index (χ0v) is 15.2. The molecule has 0 bridgehead atoms. The number of nitrogens with one attached hydrogen (secondary N) is 2. The maximum atomic E-state index is 4.35. The van der Waals surface area contributed by atoms with Crippen molar-refractivity contribution in [2.75, 3.05) is 31.6 Å². The van der Waals surface area contributed by atoms with E-state index >= 15 is 0 Å². The summed E-state index contributed by atoms with van der Waals surface area (Å²) >= 11 is 0. The van der Waals surface area contributed by atoms with Gasteiger partial charge in [-0.25, -0.2) is 4.98 Å². The van der Waals surface area contributed by atoms with E-state index < -0.39 is 0 Å². The summed E-state index contributed by atoms with van der Waals surface area (Å²) in [6, 6.07) is 9.20. The number of anilines is 1. The van der Waals surface area contributed by atoms with E-state index in [9.17, 15) is 0 Å². The minimum atomic E-state index is 0.432. The second-order valence-electron chi connectivity index (χ2n) is 6.56. The topological polar surface area (TPSA) is 57.5 Å². The Bertz CT molecular complexity index is 662. The van der Waals surface area contributed by atoms with Gasteiger partial charge >= 0.3 is 0 Å². The molecule has 1 atom stereocenters. The van der Waals surface area contributed by atoms with Gasteiger partial charge in [-0.05, 0) is 31.9 Å². The highest BCUT2D eigenvalue weighted by Crippen LogP contribution is 2.20. The number of rotatable bonds is 6. The van der Waals surface area contributed by atoms with Gasteiger partial charge in [0, 0.05) is 57.3 Å². The number of nitrogens with zero attached hydrogens (tertiary/aromatic N) is 4. The van der Waals surface area contributed by atoms with Crippen molar-refractivity contribution < 1.29 is 0 Å². The Morgan fingerprint density at radius 1 is 1.32 bits per heavy atom. The molecule has 1 saturated heterocycles. The molecule has 25 heavy (non-hydrogen) atoms. The van der Waals surface area contributed by atoms with Crippen LogP contribution in [0.25, 0.3) is 0 Å². The first-order valence-electron chi connectivity index (χ1n) is 8.99. The fourth-order valence-corrected chi connectivity index (χ4v) is 3.14. The molecule has 2 heterocycles. The summed E-state index contributed by atoms with van der Waals surface area (Å²) in [6.45, 7) is 6.08. The molecular weight excluding hydrogens is 312 g/mol. The molecule has 2 aromatic rings. The Morgan fingerprint density at radius 2 is 2.16 bits per heavy atom. The number of aromatic nitrogens is 2.